The van der Waals surface area contributed by atoms with Gasteiger partial charge in [-0.3, -0.25) is 0 Å². The van der Waals surface area contributed by atoms with Gasteiger partial charge in [0.25, 0.3) is 0 Å². The van der Waals surface area contributed by atoms with Crippen molar-refractivity contribution in [3.63, 3.8) is 0 Å². The van der Waals surface area contributed by atoms with Crippen molar-refractivity contribution < 1.29 is 0 Å². The van der Waals surface area contributed by atoms with Crippen LogP contribution in [0.25, 0.3) is 64.0 Å². The van der Waals surface area contributed by atoms with Crippen molar-refractivity contribution in [3.05, 3.63) is 185 Å². The summed E-state index contributed by atoms with van der Waals surface area (Å²) in [6.07, 6.45) is 9.29. The molecule has 8 aromatic rings. The van der Waals surface area contributed by atoms with Gasteiger partial charge in [0.2, 0.25) is 0 Å². The van der Waals surface area contributed by atoms with Gasteiger partial charge in [0.1, 0.15) is 0 Å². The molecule has 1 aromatic heterocycles. The molecule has 2 aliphatic carbocycles. The van der Waals surface area contributed by atoms with Crippen molar-refractivity contribution >= 4 is 76.8 Å². The Morgan fingerprint density at radius 1 is 0.458 bits per heavy atom. The summed E-state index contributed by atoms with van der Waals surface area (Å²) in [6, 6.07) is 51.4. The van der Waals surface area contributed by atoms with E-state index in [4.69, 9.17) is 12.6 Å². The third kappa shape index (κ3) is 4.10. The van der Waals surface area contributed by atoms with Crippen LogP contribution in [-0.4, -0.2) is 0 Å². The maximum atomic E-state index is 5.00. The van der Waals surface area contributed by atoms with Crippen LogP contribution in [0.1, 0.15) is 11.1 Å². The van der Waals surface area contributed by atoms with E-state index in [0.29, 0.717) is 0 Å². The van der Waals surface area contributed by atoms with Crippen LogP contribution in [0.4, 0.5) is 0 Å². The number of thiophene rings is 1. The summed E-state index contributed by atoms with van der Waals surface area (Å²) in [7, 11) is 0. The first kappa shape index (κ1) is 27.9. The quantitative estimate of drug-likeness (QED) is 0.143. The lowest BCUT2D eigenvalue weighted by Gasteiger charge is -2.33. The second-order valence-corrected chi connectivity index (χ2v) is 14.4. The molecule has 48 heavy (non-hydrogen) atoms. The average molecular weight is 647 g/mol. The summed E-state index contributed by atoms with van der Waals surface area (Å²) in [5.41, 5.74) is 8.02. The minimum atomic E-state index is 0.254. The van der Waals surface area contributed by atoms with Crippen LogP contribution in [0.15, 0.2) is 169 Å². The highest BCUT2D eigenvalue weighted by molar-refractivity contribution is 7.80. The lowest BCUT2D eigenvalue weighted by Crippen LogP contribution is -2.40. The summed E-state index contributed by atoms with van der Waals surface area (Å²) < 4.78 is 2.68. The first-order chi connectivity index (χ1) is 23.8. The zero-order chi connectivity index (χ0) is 31.8. The van der Waals surface area contributed by atoms with Crippen LogP contribution in [0.2, 0.25) is 0 Å². The summed E-state index contributed by atoms with van der Waals surface area (Å²) in [5, 5.41) is 10.2. The van der Waals surface area contributed by atoms with E-state index in [1.807, 2.05) is 11.3 Å². The Morgan fingerprint density at radius 2 is 1.04 bits per heavy atom. The normalized spacial score (nSPS) is 17.0. The molecule has 0 fully saturated rings. The molecule has 226 valence electrons. The first-order valence-corrected chi connectivity index (χ1v) is 17.8. The molecule has 0 nitrogen and oxygen atoms in total. The largest absolute Gasteiger partial charge is 0.142 e. The molecular formula is C46H30S2. The van der Waals surface area contributed by atoms with E-state index in [9.17, 15) is 0 Å². The van der Waals surface area contributed by atoms with Gasteiger partial charge >= 0.3 is 0 Å². The zero-order valence-electron chi connectivity index (χ0n) is 26.1. The summed E-state index contributed by atoms with van der Waals surface area (Å²) in [4.78, 5) is 1.04. The Morgan fingerprint density at radius 3 is 1.75 bits per heavy atom. The highest BCUT2D eigenvalue weighted by Crippen LogP contribution is 2.47. The molecule has 0 saturated heterocycles. The zero-order valence-corrected chi connectivity index (χ0v) is 27.8. The fourth-order valence-electron chi connectivity index (χ4n) is 8.34. The number of fused-ring (bicyclic) bond motifs is 7. The number of benzene rings is 7. The summed E-state index contributed by atoms with van der Waals surface area (Å²) in [6.45, 7) is 0. The molecule has 1 heterocycles. The third-order valence-corrected chi connectivity index (χ3v) is 12.1. The van der Waals surface area contributed by atoms with Crippen LogP contribution in [0.3, 0.4) is 0 Å². The number of allylic oxidation sites excluding steroid dienone is 4. The molecule has 0 radical (unpaired) electrons. The Labute approximate surface area is 288 Å². The van der Waals surface area contributed by atoms with Crippen molar-refractivity contribution in [2.75, 3.05) is 0 Å². The Bertz CT molecular complexity index is 2740. The highest BCUT2D eigenvalue weighted by Gasteiger charge is 2.32. The van der Waals surface area contributed by atoms with E-state index < -0.39 is 0 Å². The molecule has 7 aromatic carbocycles. The van der Waals surface area contributed by atoms with Gasteiger partial charge in [0, 0.05) is 36.9 Å². The van der Waals surface area contributed by atoms with Gasteiger partial charge in [0.05, 0.1) is 0 Å². The molecular weight excluding hydrogens is 617 g/mol. The molecule has 0 aliphatic heterocycles. The van der Waals surface area contributed by atoms with Crippen LogP contribution in [-0.2, 0) is 0 Å². The molecule has 10 rings (SSSR count). The van der Waals surface area contributed by atoms with Crippen molar-refractivity contribution in [3.8, 4) is 11.1 Å². The topological polar surface area (TPSA) is 0 Å². The lowest BCUT2D eigenvalue weighted by molar-refractivity contribution is 0.687. The minimum Gasteiger partial charge on any atom is -0.142 e. The summed E-state index contributed by atoms with van der Waals surface area (Å²) >= 11 is 6.93. The molecule has 0 amide bonds. The predicted molar refractivity (Wildman–Crippen MR) is 209 cm³/mol. The second-order valence-electron chi connectivity index (χ2n) is 12.9. The van der Waals surface area contributed by atoms with Crippen molar-refractivity contribution in [2.45, 2.75) is 4.90 Å². The van der Waals surface area contributed by atoms with Crippen LogP contribution in [0, 0.1) is 11.8 Å². The first-order valence-electron chi connectivity index (χ1n) is 16.6. The monoisotopic (exact) mass is 646 g/mol. The molecule has 2 heteroatoms. The van der Waals surface area contributed by atoms with E-state index in [0.717, 1.165) is 4.90 Å². The van der Waals surface area contributed by atoms with E-state index in [1.165, 1.54) is 85.6 Å². The Kier molecular flexibility index (Phi) is 6.37. The standard InChI is InChI=1S/C46H30S2/c47-45-37-21-10-8-19-35(37)43(36-20-9-11-22-38(36)45)29-25-26-30-39-23-12-24-40(46(39)48-41(30)27-29)44-33-17-6-4-15-31(33)42(28-13-2-1-3-14-28)32-16-5-7-18-34(32)44/h1-27,31,33,47H. The van der Waals surface area contributed by atoms with Gasteiger partial charge in [-0.25, -0.2) is 0 Å². The average Bonchev–Trinajstić information content (AvgIpc) is 3.53. The van der Waals surface area contributed by atoms with Gasteiger partial charge in [0.15, 0.2) is 0 Å². The van der Waals surface area contributed by atoms with E-state index >= 15 is 0 Å². The summed E-state index contributed by atoms with van der Waals surface area (Å²) in [5.74, 6) is 0.527. The maximum Gasteiger partial charge on any atom is 0.0431 e. The van der Waals surface area contributed by atoms with Gasteiger partial charge < -0.3 is 0 Å². The van der Waals surface area contributed by atoms with E-state index in [2.05, 4.69) is 164 Å². The molecule has 2 unspecified atom stereocenters. The van der Waals surface area contributed by atoms with Gasteiger partial charge in [-0.15, -0.1) is 24.0 Å². The van der Waals surface area contributed by atoms with Gasteiger partial charge in [-0.05, 0) is 71.4 Å². The lowest BCUT2D eigenvalue weighted by atomic mass is 9.70. The smallest absolute Gasteiger partial charge is 0.0431 e. The van der Waals surface area contributed by atoms with E-state index in [1.54, 1.807) is 0 Å². The van der Waals surface area contributed by atoms with Crippen LogP contribution < -0.4 is 10.4 Å². The maximum absolute atomic E-state index is 5.00. The van der Waals surface area contributed by atoms with Gasteiger partial charge in [-0.2, -0.15) is 0 Å². The molecule has 2 atom stereocenters. The number of rotatable bonds is 3. The SMILES string of the molecule is Sc1c2ccccc2c(-c2ccc3c(c2)sc2c(C4=c5ccccc5=C(c5ccccc5)C5C=CC=CC45)cccc23)c2ccccc12. The molecule has 2 aliphatic rings. The van der Waals surface area contributed by atoms with Gasteiger partial charge in [-0.1, -0.05) is 158 Å². The fourth-order valence-corrected chi connectivity index (χ4v) is 10.0. The minimum absolute atomic E-state index is 0.254. The molecule has 0 bridgehead atoms. The molecule has 0 saturated carbocycles. The predicted octanol–water partition coefficient (Wildman–Crippen LogP) is 11.1. The number of hydrogen-bond acceptors (Lipinski definition) is 2. The van der Waals surface area contributed by atoms with Crippen molar-refractivity contribution in [2.24, 2.45) is 11.8 Å². The molecule has 0 spiro atoms. The number of thiol groups is 1. The van der Waals surface area contributed by atoms with Crippen LogP contribution in [0.5, 0.6) is 0 Å². The van der Waals surface area contributed by atoms with Crippen LogP contribution >= 0.6 is 24.0 Å². The number of hydrogen-bond donors (Lipinski definition) is 1. The Hall–Kier alpha value is -5.15. The highest BCUT2D eigenvalue weighted by atomic mass is 32.1. The Balaban J connectivity index is 1.25. The van der Waals surface area contributed by atoms with E-state index in [-0.39, 0.29) is 11.8 Å². The van der Waals surface area contributed by atoms with Crippen molar-refractivity contribution in [1.29, 1.82) is 0 Å². The molecule has 0 N–H and O–H groups in total. The van der Waals surface area contributed by atoms with Crippen molar-refractivity contribution in [1.82, 2.24) is 0 Å². The fraction of sp³-hybridized carbons (Fsp3) is 0.0435. The third-order valence-electron chi connectivity index (χ3n) is 10.4. The second kappa shape index (κ2) is 11.0.